The number of carbonyl (C=O) groups is 3. The topological polar surface area (TPSA) is 99.2 Å². The molecular weight excluding hydrogens is 350 g/mol. The Bertz CT molecular complexity index is 554. The SMILES string of the molecule is C[C@H]1CN(C(=O)[C@@H](NC(=O)OC(C)(C)C)C2CCCCC2)CCN1C(=O)O. The highest BCUT2D eigenvalue weighted by Gasteiger charge is 2.38. The first-order chi connectivity index (χ1) is 12.6. The Labute approximate surface area is 161 Å². The molecule has 1 aliphatic heterocycles. The fraction of sp³-hybridized carbons (Fsp3) is 0.842. The number of carboxylic acid groups (broad SMARTS) is 1. The first-order valence-corrected chi connectivity index (χ1v) is 9.86. The van der Waals surface area contributed by atoms with Crippen LogP contribution >= 0.6 is 0 Å². The fourth-order valence-electron chi connectivity index (χ4n) is 3.92. The molecule has 0 radical (unpaired) electrons. The summed E-state index contributed by atoms with van der Waals surface area (Å²) in [6, 6.07) is -0.891. The highest BCUT2D eigenvalue weighted by atomic mass is 16.6. The van der Waals surface area contributed by atoms with Gasteiger partial charge in [0, 0.05) is 25.7 Å². The third-order valence-corrected chi connectivity index (χ3v) is 5.24. The molecule has 0 aromatic rings. The molecule has 2 atom stereocenters. The van der Waals surface area contributed by atoms with Gasteiger partial charge in [0.25, 0.3) is 0 Å². The molecular formula is C19H33N3O5. The number of alkyl carbamates (subject to hydrolysis) is 1. The van der Waals surface area contributed by atoms with Crippen molar-refractivity contribution in [2.75, 3.05) is 19.6 Å². The first-order valence-electron chi connectivity index (χ1n) is 9.86. The molecule has 8 heteroatoms. The molecule has 1 saturated heterocycles. The Hall–Kier alpha value is -1.99. The van der Waals surface area contributed by atoms with Crippen molar-refractivity contribution in [3.63, 3.8) is 0 Å². The number of nitrogens with zero attached hydrogens (tertiary/aromatic N) is 2. The van der Waals surface area contributed by atoms with Crippen molar-refractivity contribution < 1.29 is 24.2 Å². The van der Waals surface area contributed by atoms with Gasteiger partial charge in [-0.3, -0.25) is 4.79 Å². The fourth-order valence-corrected chi connectivity index (χ4v) is 3.92. The summed E-state index contributed by atoms with van der Waals surface area (Å²) in [6.45, 7) is 8.13. The van der Waals surface area contributed by atoms with E-state index in [0.29, 0.717) is 13.1 Å². The smallest absolute Gasteiger partial charge is 0.408 e. The number of ether oxygens (including phenoxy) is 1. The van der Waals surface area contributed by atoms with Crippen LogP contribution in [0.15, 0.2) is 0 Å². The zero-order valence-electron chi connectivity index (χ0n) is 16.9. The van der Waals surface area contributed by atoms with E-state index >= 15 is 0 Å². The van der Waals surface area contributed by atoms with Gasteiger partial charge in [-0.15, -0.1) is 0 Å². The van der Waals surface area contributed by atoms with E-state index in [1.54, 1.807) is 32.6 Å². The molecule has 1 heterocycles. The van der Waals surface area contributed by atoms with Crippen LogP contribution in [-0.4, -0.2) is 70.3 Å². The molecule has 2 aliphatic rings. The molecule has 1 aliphatic carbocycles. The molecule has 0 aromatic carbocycles. The zero-order chi connectivity index (χ0) is 20.2. The Kier molecular flexibility index (Phi) is 6.95. The molecule has 8 nitrogen and oxygen atoms in total. The Balaban J connectivity index is 2.08. The molecule has 0 spiro atoms. The molecule has 2 rings (SSSR count). The summed E-state index contributed by atoms with van der Waals surface area (Å²) in [4.78, 5) is 39.8. The number of rotatable bonds is 3. The Morgan fingerprint density at radius 3 is 2.26 bits per heavy atom. The van der Waals surface area contributed by atoms with Crippen LogP contribution in [0.1, 0.15) is 59.8 Å². The maximum atomic E-state index is 13.2. The lowest BCUT2D eigenvalue weighted by molar-refractivity contribution is -0.137. The number of nitrogens with one attached hydrogen (secondary N) is 1. The summed E-state index contributed by atoms with van der Waals surface area (Å²) in [5.41, 5.74) is -0.633. The summed E-state index contributed by atoms with van der Waals surface area (Å²) in [5, 5.41) is 12.0. The average molecular weight is 383 g/mol. The summed E-state index contributed by atoms with van der Waals surface area (Å²) in [6.07, 6.45) is 3.50. The molecule has 27 heavy (non-hydrogen) atoms. The van der Waals surface area contributed by atoms with Crippen molar-refractivity contribution in [2.24, 2.45) is 5.92 Å². The maximum absolute atomic E-state index is 13.2. The predicted molar refractivity (Wildman–Crippen MR) is 101 cm³/mol. The molecule has 0 bridgehead atoms. The van der Waals surface area contributed by atoms with Crippen molar-refractivity contribution in [3.8, 4) is 0 Å². The molecule has 2 N–H and O–H groups in total. The van der Waals surface area contributed by atoms with Gasteiger partial charge in [0.15, 0.2) is 0 Å². The standard InChI is InChI=1S/C19H33N3O5/c1-13-12-21(10-11-22(13)18(25)26)16(23)15(14-8-6-5-7-9-14)20-17(24)27-19(2,3)4/h13-15H,5-12H2,1-4H3,(H,20,24)(H,25,26)/t13-,15-/m0/s1. The monoisotopic (exact) mass is 383 g/mol. The molecule has 1 saturated carbocycles. The minimum absolute atomic E-state index is 0.0894. The van der Waals surface area contributed by atoms with Crippen LogP contribution in [0.25, 0.3) is 0 Å². The summed E-state index contributed by atoms with van der Waals surface area (Å²) >= 11 is 0. The second-order valence-corrected chi connectivity index (χ2v) is 8.63. The van der Waals surface area contributed by atoms with E-state index in [1.165, 1.54) is 4.90 Å². The van der Waals surface area contributed by atoms with Crippen LogP contribution in [-0.2, 0) is 9.53 Å². The maximum Gasteiger partial charge on any atom is 0.408 e. The highest BCUT2D eigenvalue weighted by molar-refractivity contribution is 5.86. The van der Waals surface area contributed by atoms with Gasteiger partial charge in [0.2, 0.25) is 5.91 Å². The lowest BCUT2D eigenvalue weighted by atomic mass is 9.83. The van der Waals surface area contributed by atoms with Crippen molar-refractivity contribution >= 4 is 18.1 Å². The number of amides is 3. The van der Waals surface area contributed by atoms with Crippen molar-refractivity contribution in [1.82, 2.24) is 15.1 Å². The van der Waals surface area contributed by atoms with Crippen LogP contribution in [0.3, 0.4) is 0 Å². The molecule has 3 amide bonds. The minimum Gasteiger partial charge on any atom is -0.465 e. The van der Waals surface area contributed by atoms with Gasteiger partial charge in [-0.2, -0.15) is 0 Å². The number of piperazine rings is 1. The van der Waals surface area contributed by atoms with Crippen molar-refractivity contribution in [2.45, 2.75) is 77.5 Å². The van der Waals surface area contributed by atoms with Gasteiger partial charge in [-0.25, -0.2) is 9.59 Å². The van der Waals surface area contributed by atoms with Crippen molar-refractivity contribution in [1.29, 1.82) is 0 Å². The Morgan fingerprint density at radius 1 is 1.11 bits per heavy atom. The summed E-state index contributed by atoms with van der Waals surface area (Å²) < 4.78 is 5.36. The van der Waals surface area contributed by atoms with Crippen LogP contribution in [0.4, 0.5) is 9.59 Å². The van der Waals surface area contributed by atoms with Gasteiger partial charge in [-0.1, -0.05) is 19.3 Å². The highest BCUT2D eigenvalue weighted by Crippen LogP contribution is 2.28. The van der Waals surface area contributed by atoms with Crippen LogP contribution in [0.2, 0.25) is 0 Å². The number of hydrogen-bond acceptors (Lipinski definition) is 4. The quantitative estimate of drug-likeness (QED) is 0.781. The van der Waals surface area contributed by atoms with E-state index in [0.717, 1.165) is 32.1 Å². The van der Waals surface area contributed by atoms with E-state index < -0.39 is 23.8 Å². The normalized spacial score (nSPS) is 22.9. The lowest BCUT2D eigenvalue weighted by Gasteiger charge is -2.41. The summed E-state index contributed by atoms with van der Waals surface area (Å²) in [5.74, 6) is -0.0452. The van der Waals surface area contributed by atoms with E-state index in [1.807, 2.05) is 0 Å². The van der Waals surface area contributed by atoms with Gasteiger partial charge in [-0.05, 0) is 46.5 Å². The average Bonchev–Trinajstić information content (AvgIpc) is 2.58. The van der Waals surface area contributed by atoms with E-state index in [4.69, 9.17) is 4.74 Å². The third-order valence-electron chi connectivity index (χ3n) is 5.24. The lowest BCUT2D eigenvalue weighted by Crippen LogP contribution is -2.60. The molecule has 0 aromatic heterocycles. The number of hydrogen-bond donors (Lipinski definition) is 2. The van der Waals surface area contributed by atoms with Gasteiger partial charge in [0.05, 0.1) is 0 Å². The predicted octanol–water partition coefficient (Wildman–Crippen LogP) is 2.67. The Morgan fingerprint density at radius 2 is 1.74 bits per heavy atom. The van der Waals surface area contributed by atoms with Crippen LogP contribution < -0.4 is 5.32 Å². The molecule has 154 valence electrons. The minimum atomic E-state index is -0.967. The number of carbonyl (C=O) groups excluding carboxylic acids is 2. The second kappa shape index (κ2) is 8.80. The zero-order valence-corrected chi connectivity index (χ0v) is 16.9. The molecule has 0 unspecified atom stereocenters. The van der Waals surface area contributed by atoms with Crippen LogP contribution in [0, 0.1) is 5.92 Å². The molecule has 2 fully saturated rings. The third kappa shape index (κ3) is 6.01. The van der Waals surface area contributed by atoms with Gasteiger partial charge >= 0.3 is 12.2 Å². The van der Waals surface area contributed by atoms with E-state index in [-0.39, 0.29) is 24.4 Å². The van der Waals surface area contributed by atoms with Gasteiger partial charge < -0.3 is 25.0 Å². The van der Waals surface area contributed by atoms with Gasteiger partial charge in [0.1, 0.15) is 11.6 Å². The summed E-state index contributed by atoms with van der Waals surface area (Å²) in [7, 11) is 0. The first kappa shape index (κ1) is 21.3. The van der Waals surface area contributed by atoms with E-state index in [2.05, 4.69) is 5.32 Å². The largest absolute Gasteiger partial charge is 0.465 e. The second-order valence-electron chi connectivity index (χ2n) is 8.63. The van der Waals surface area contributed by atoms with Crippen LogP contribution in [0.5, 0.6) is 0 Å². The van der Waals surface area contributed by atoms with Crippen molar-refractivity contribution in [3.05, 3.63) is 0 Å². The van der Waals surface area contributed by atoms with E-state index in [9.17, 15) is 19.5 Å².